The Morgan fingerprint density at radius 1 is 1.08 bits per heavy atom. The number of anilines is 1. The molecule has 1 aromatic carbocycles. The summed E-state index contributed by atoms with van der Waals surface area (Å²) in [7, 11) is 0. The Labute approximate surface area is 145 Å². The zero-order valence-corrected chi connectivity index (χ0v) is 15.3. The van der Waals surface area contributed by atoms with Crippen molar-refractivity contribution in [3.63, 3.8) is 0 Å². The summed E-state index contributed by atoms with van der Waals surface area (Å²) in [4.78, 5) is 4.30. The maximum atomic E-state index is 6.26. The molecule has 0 unspecified atom stereocenters. The Hall–Kier alpha value is -2.07. The quantitative estimate of drug-likeness (QED) is 0.769. The number of benzene rings is 1. The summed E-state index contributed by atoms with van der Waals surface area (Å²) in [6.45, 7) is 10.9. The molecule has 0 radical (unpaired) electrons. The number of hydrogen-bond donors (Lipinski definition) is 1. The molecule has 0 saturated heterocycles. The second kappa shape index (κ2) is 8.15. The third-order valence-corrected chi connectivity index (χ3v) is 4.23. The first-order chi connectivity index (χ1) is 11.5. The third kappa shape index (κ3) is 4.26. The number of aromatic nitrogens is 1. The Balaban J connectivity index is 2.22. The lowest BCUT2D eigenvalue weighted by Gasteiger charge is -2.17. The summed E-state index contributed by atoms with van der Waals surface area (Å²) < 4.78 is 11.9. The average Bonchev–Trinajstić information content (AvgIpc) is 2.54. The van der Waals surface area contributed by atoms with Gasteiger partial charge in [0, 0.05) is 11.8 Å². The van der Waals surface area contributed by atoms with Crippen LogP contribution in [0.5, 0.6) is 11.6 Å². The van der Waals surface area contributed by atoms with Crippen LogP contribution in [0.15, 0.2) is 24.4 Å². The minimum absolute atomic E-state index is 0.253. The Bertz CT molecular complexity index is 671. The predicted octanol–water partition coefficient (Wildman–Crippen LogP) is 5.09. The smallest absolute Gasteiger partial charge is 0.243 e. The van der Waals surface area contributed by atoms with Gasteiger partial charge in [-0.25, -0.2) is 4.98 Å². The lowest BCUT2D eigenvalue weighted by molar-refractivity contribution is 0.0360. The molecular weight excluding hydrogens is 300 g/mol. The van der Waals surface area contributed by atoms with E-state index in [0.29, 0.717) is 18.2 Å². The van der Waals surface area contributed by atoms with Gasteiger partial charge in [0.05, 0.1) is 12.7 Å². The molecule has 0 aliphatic rings. The number of nitrogens with two attached hydrogens (primary N) is 1. The van der Waals surface area contributed by atoms with Gasteiger partial charge in [0.25, 0.3) is 0 Å². The summed E-state index contributed by atoms with van der Waals surface area (Å²) >= 11 is 0. The first-order valence-electron chi connectivity index (χ1n) is 8.56. The van der Waals surface area contributed by atoms with E-state index >= 15 is 0 Å². The largest absolute Gasteiger partial charge is 0.437 e. The van der Waals surface area contributed by atoms with E-state index in [4.69, 9.17) is 15.2 Å². The lowest BCUT2D eigenvalue weighted by Crippen LogP contribution is -2.11. The molecule has 2 aromatic rings. The van der Waals surface area contributed by atoms with E-state index in [-0.39, 0.29) is 6.10 Å². The zero-order chi connectivity index (χ0) is 17.7. The van der Waals surface area contributed by atoms with Gasteiger partial charge in [-0.05, 0) is 50.8 Å². The van der Waals surface area contributed by atoms with Gasteiger partial charge in [-0.1, -0.05) is 31.5 Å². The van der Waals surface area contributed by atoms with E-state index in [9.17, 15) is 0 Å². The molecule has 2 rings (SSSR count). The summed E-state index contributed by atoms with van der Waals surface area (Å²) in [6, 6.07) is 6.08. The minimum Gasteiger partial charge on any atom is -0.437 e. The second-order valence-electron chi connectivity index (χ2n) is 6.27. The number of aryl methyl sites for hydroxylation is 3. The van der Waals surface area contributed by atoms with Crippen LogP contribution in [-0.4, -0.2) is 11.1 Å². The van der Waals surface area contributed by atoms with Gasteiger partial charge >= 0.3 is 0 Å². The average molecular weight is 328 g/mol. The van der Waals surface area contributed by atoms with Crippen molar-refractivity contribution in [3.8, 4) is 11.6 Å². The topological polar surface area (TPSA) is 57.4 Å². The van der Waals surface area contributed by atoms with Crippen molar-refractivity contribution in [3.05, 3.63) is 46.6 Å². The van der Waals surface area contributed by atoms with Crippen molar-refractivity contribution in [2.45, 2.75) is 60.2 Å². The van der Waals surface area contributed by atoms with Gasteiger partial charge in [0.2, 0.25) is 5.88 Å². The van der Waals surface area contributed by atoms with Crippen LogP contribution in [0.2, 0.25) is 0 Å². The second-order valence-corrected chi connectivity index (χ2v) is 6.27. The number of hydrogen-bond acceptors (Lipinski definition) is 4. The van der Waals surface area contributed by atoms with Crippen LogP contribution >= 0.6 is 0 Å². The van der Waals surface area contributed by atoms with Crippen molar-refractivity contribution in [1.82, 2.24) is 4.98 Å². The number of nitrogens with zero attached hydrogens (tertiary/aromatic N) is 1. The maximum Gasteiger partial charge on any atom is 0.243 e. The predicted molar refractivity (Wildman–Crippen MR) is 98.5 cm³/mol. The molecule has 1 heterocycles. The van der Waals surface area contributed by atoms with Crippen LogP contribution < -0.4 is 10.5 Å². The summed E-state index contributed by atoms with van der Waals surface area (Å²) in [5.41, 5.74) is 11.1. The molecule has 0 aliphatic carbocycles. The Kier molecular flexibility index (Phi) is 6.21. The number of pyridine rings is 1. The number of ether oxygens (including phenoxy) is 2. The highest BCUT2D eigenvalue weighted by Crippen LogP contribution is 2.33. The number of nitrogen functional groups attached to an aromatic ring is 1. The van der Waals surface area contributed by atoms with E-state index in [1.165, 1.54) is 5.56 Å². The van der Waals surface area contributed by atoms with Crippen LogP contribution in [-0.2, 0) is 11.3 Å². The highest BCUT2D eigenvalue weighted by molar-refractivity contribution is 5.56. The van der Waals surface area contributed by atoms with Crippen LogP contribution in [0.25, 0.3) is 0 Å². The molecule has 0 spiro atoms. The number of rotatable bonds is 7. The van der Waals surface area contributed by atoms with Gasteiger partial charge in [-0.15, -0.1) is 0 Å². The van der Waals surface area contributed by atoms with E-state index in [0.717, 1.165) is 35.3 Å². The first-order valence-corrected chi connectivity index (χ1v) is 8.56. The molecule has 1 aromatic heterocycles. The molecule has 130 valence electrons. The fraction of sp³-hybridized carbons (Fsp3) is 0.450. The van der Waals surface area contributed by atoms with Gasteiger partial charge in [0.1, 0.15) is 11.4 Å². The molecule has 0 saturated carbocycles. The lowest BCUT2D eigenvalue weighted by atomic mass is 10.1. The maximum absolute atomic E-state index is 6.26. The summed E-state index contributed by atoms with van der Waals surface area (Å²) in [5.74, 6) is 1.26. The summed E-state index contributed by atoms with van der Waals surface area (Å²) in [6.07, 6.45) is 3.96. The summed E-state index contributed by atoms with van der Waals surface area (Å²) in [5, 5.41) is 0. The molecule has 0 bridgehead atoms. The molecule has 0 amide bonds. The van der Waals surface area contributed by atoms with E-state index in [2.05, 4.69) is 37.9 Å². The monoisotopic (exact) mass is 328 g/mol. The van der Waals surface area contributed by atoms with Gasteiger partial charge in [0.15, 0.2) is 0 Å². The Morgan fingerprint density at radius 2 is 1.71 bits per heavy atom. The third-order valence-electron chi connectivity index (χ3n) is 4.23. The fourth-order valence-corrected chi connectivity index (χ4v) is 2.86. The van der Waals surface area contributed by atoms with Gasteiger partial charge in [-0.2, -0.15) is 0 Å². The minimum atomic E-state index is 0.253. The van der Waals surface area contributed by atoms with Crippen molar-refractivity contribution in [1.29, 1.82) is 0 Å². The first kappa shape index (κ1) is 18.3. The molecule has 2 N–H and O–H groups in total. The normalized spacial score (nSPS) is 11.1. The molecule has 4 heteroatoms. The van der Waals surface area contributed by atoms with E-state index < -0.39 is 0 Å². The van der Waals surface area contributed by atoms with Crippen LogP contribution in [0.4, 0.5) is 5.69 Å². The van der Waals surface area contributed by atoms with Crippen LogP contribution in [0, 0.1) is 20.8 Å². The van der Waals surface area contributed by atoms with Crippen molar-refractivity contribution < 1.29 is 9.47 Å². The fourth-order valence-electron chi connectivity index (χ4n) is 2.86. The molecular formula is C20H28N2O2. The standard InChI is InChI=1S/C20H28N2O2/c1-6-17(7-2)23-12-16-8-9-22-20(18(16)21)24-19-14(4)10-13(3)11-15(19)5/h8-11,17H,6-7,12,21H2,1-5H3. The van der Waals surface area contributed by atoms with Crippen LogP contribution in [0.3, 0.4) is 0 Å². The van der Waals surface area contributed by atoms with E-state index in [1.54, 1.807) is 6.20 Å². The molecule has 0 fully saturated rings. The molecule has 0 atom stereocenters. The van der Waals surface area contributed by atoms with Gasteiger partial charge < -0.3 is 15.2 Å². The molecule has 24 heavy (non-hydrogen) atoms. The molecule has 4 nitrogen and oxygen atoms in total. The molecule has 0 aliphatic heterocycles. The van der Waals surface area contributed by atoms with Crippen molar-refractivity contribution in [2.24, 2.45) is 0 Å². The van der Waals surface area contributed by atoms with Gasteiger partial charge in [-0.3, -0.25) is 0 Å². The highest BCUT2D eigenvalue weighted by Gasteiger charge is 2.13. The van der Waals surface area contributed by atoms with E-state index in [1.807, 2.05) is 19.9 Å². The SMILES string of the molecule is CCC(CC)OCc1ccnc(Oc2c(C)cc(C)cc2C)c1N. The van der Waals surface area contributed by atoms with Crippen LogP contribution in [0.1, 0.15) is 48.9 Å². The Morgan fingerprint density at radius 3 is 2.29 bits per heavy atom. The van der Waals surface area contributed by atoms with Crippen molar-refractivity contribution >= 4 is 5.69 Å². The van der Waals surface area contributed by atoms with Crippen molar-refractivity contribution in [2.75, 3.05) is 5.73 Å². The highest BCUT2D eigenvalue weighted by atomic mass is 16.5. The zero-order valence-electron chi connectivity index (χ0n) is 15.3.